The summed E-state index contributed by atoms with van der Waals surface area (Å²) in [6.07, 6.45) is 4.88. The zero-order chi connectivity index (χ0) is 17.6. The lowest BCUT2D eigenvalue weighted by Crippen LogP contribution is -2.25. The molecule has 1 aromatic heterocycles. The van der Waals surface area contributed by atoms with Crippen LogP contribution in [0.2, 0.25) is 0 Å². The third-order valence-electron chi connectivity index (χ3n) is 3.22. The fourth-order valence-electron chi connectivity index (χ4n) is 2.02. The standard InChI is InChI=1S/C18H20BrN3O2/c1-18(2,3)15-10-14(19)4-5-16(15)24-12-17(23)22-21-11-13-6-8-20-9-7-13/h4-11H,12H2,1-3H3,(H,22,23)/b21-11+. The normalized spacial score (nSPS) is 11.5. The number of pyridine rings is 1. The highest BCUT2D eigenvalue weighted by atomic mass is 79.9. The molecule has 1 amide bonds. The molecular formula is C18H20BrN3O2. The average molecular weight is 390 g/mol. The fraction of sp³-hybridized carbons (Fsp3) is 0.278. The molecule has 24 heavy (non-hydrogen) atoms. The number of rotatable bonds is 5. The van der Waals surface area contributed by atoms with E-state index in [1.54, 1.807) is 30.7 Å². The zero-order valence-corrected chi connectivity index (χ0v) is 15.5. The summed E-state index contributed by atoms with van der Waals surface area (Å²) in [4.78, 5) is 15.8. The number of nitrogens with one attached hydrogen (secondary N) is 1. The number of ether oxygens (including phenoxy) is 1. The number of amides is 1. The second-order valence-electron chi connectivity index (χ2n) is 6.25. The lowest BCUT2D eigenvalue weighted by molar-refractivity contribution is -0.123. The van der Waals surface area contributed by atoms with E-state index in [-0.39, 0.29) is 17.9 Å². The van der Waals surface area contributed by atoms with Gasteiger partial charge in [-0.05, 0) is 41.3 Å². The molecule has 5 nitrogen and oxygen atoms in total. The summed E-state index contributed by atoms with van der Waals surface area (Å²) >= 11 is 3.47. The lowest BCUT2D eigenvalue weighted by Gasteiger charge is -2.23. The summed E-state index contributed by atoms with van der Waals surface area (Å²) in [6, 6.07) is 9.35. The minimum Gasteiger partial charge on any atom is -0.483 e. The average Bonchev–Trinajstić information content (AvgIpc) is 2.54. The molecular weight excluding hydrogens is 370 g/mol. The van der Waals surface area contributed by atoms with Crippen molar-refractivity contribution in [2.45, 2.75) is 26.2 Å². The Balaban J connectivity index is 1.94. The van der Waals surface area contributed by atoms with Gasteiger partial charge in [-0.1, -0.05) is 36.7 Å². The number of benzene rings is 1. The van der Waals surface area contributed by atoms with Crippen molar-refractivity contribution in [3.05, 3.63) is 58.3 Å². The summed E-state index contributed by atoms with van der Waals surface area (Å²) in [7, 11) is 0. The molecule has 0 fully saturated rings. The quantitative estimate of drug-likeness (QED) is 0.626. The number of carbonyl (C=O) groups is 1. The van der Waals surface area contributed by atoms with E-state index in [0.717, 1.165) is 15.6 Å². The first-order valence-electron chi connectivity index (χ1n) is 7.51. The van der Waals surface area contributed by atoms with E-state index in [9.17, 15) is 4.79 Å². The molecule has 0 saturated heterocycles. The van der Waals surface area contributed by atoms with Crippen LogP contribution in [0.3, 0.4) is 0 Å². The first-order valence-corrected chi connectivity index (χ1v) is 8.30. The SMILES string of the molecule is CC(C)(C)c1cc(Br)ccc1OCC(=O)N/N=C/c1ccncc1. The molecule has 0 spiro atoms. The van der Waals surface area contributed by atoms with Crippen molar-refractivity contribution in [1.29, 1.82) is 0 Å². The Morgan fingerprint density at radius 1 is 1.29 bits per heavy atom. The van der Waals surface area contributed by atoms with Gasteiger partial charge in [0.15, 0.2) is 6.61 Å². The highest BCUT2D eigenvalue weighted by Crippen LogP contribution is 2.33. The van der Waals surface area contributed by atoms with Crippen molar-refractivity contribution in [3.8, 4) is 5.75 Å². The van der Waals surface area contributed by atoms with E-state index in [4.69, 9.17) is 4.74 Å². The van der Waals surface area contributed by atoms with Gasteiger partial charge in [0.25, 0.3) is 5.91 Å². The molecule has 1 N–H and O–H groups in total. The summed E-state index contributed by atoms with van der Waals surface area (Å²) in [6.45, 7) is 6.19. The maximum Gasteiger partial charge on any atom is 0.277 e. The Morgan fingerprint density at radius 3 is 2.67 bits per heavy atom. The van der Waals surface area contributed by atoms with E-state index in [0.29, 0.717) is 5.75 Å². The molecule has 0 aliphatic carbocycles. The number of nitrogens with zero attached hydrogens (tertiary/aromatic N) is 2. The third kappa shape index (κ3) is 5.45. The van der Waals surface area contributed by atoms with Gasteiger partial charge in [-0.25, -0.2) is 5.43 Å². The first-order chi connectivity index (χ1) is 11.4. The van der Waals surface area contributed by atoms with Gasteiger partial charge >= 0.3 is 0 Å². The highest BCUT2D eigenvalue weighted by molar-refractivity contribution is 9.10. The topological polar surface area (TPSA) is 63.6 Å². The van der Waals surface area contributed by atoms with Gasteiger partial charge < -0.3 is 4.74 Å². The van der Waals surface area contributed by atoms with Crippen LogP contribution in [0, 0.1) is 0 Å². The van der Waals surface area contributed by atoms with Gasteiger partial charge in [-0.2, -0.15) is 5.10 Å². The number of halogens is 1. The maximum absolute atomic E-state index is 11.9. The van der Waals surface area contributed by atoms with Crippen LogP contribution in [0.15, 0.2) is 52.3 Å². The molecule has 0 bridgehead atoms. The summed E-state index contributed by atoms with van der Waals surface area (Å²) in [5, 5.41) is 3.90. The lowest BCUT2D eigenvalue weighted by atomic mass is 9.86. The van der Waals surface area contributed by atoms with Crippen LogP contribution in [0.5, 0.6) is 5.75 Å². The summed E-state index contributed by atoms with van der Waals surface area (Å²) in [5.41, 5.74) is 4.25. The van der Waals surface area contributed by atoms with Crippen molar-refractivity contribution in [1.82, 2.24) is 10.4 Å². The molecule has 1 heterocycles. The smallest absolute Gasteiger partial charge is 0.277 e. The predicted octanol–water partition coefficient (Wildman–Crippen LogP) is 3.67. The van der Waals surface area contributed by atoms with E-state index >= 15 is 0 Å². The third-order valence-corrected chi connectivity index (χ3v) is 3.71. The molecule has 0 atom stereocenters. The Labute approximate surface area is 150 Å². The minimum absolute atomic E-state index is 0.0882. The zero-order valence-electron chi connectivity index (χ0n) is 13.9. The van der Waals surface area contributed by atoms with Gasteiger partial charge in [0.1, 0.15) is 5.75 Å². The monoisotopic (exact) mass is 389 g/mol. The van der Waals surface area contributed by atoms with Crippen LogP contribution >= 0.6 is 15.9 Å². The van der Waals surface area contributed by atoms with Crippen molar-refractivity contribution in [2.75, 3.05) is 6.61 Å². The van der Waals surface area contributed by atoms with E-state index < -0.39 is 0 Å². The summed E-state index contributed by atoms with van der Waals surface area (Å²) in [5.74, 6) is 0.377. The van der Waals surface area contributed by atoms with Gasteiger partial charge in [-0.3, -0.25) is 9.78 Å². The Hall–Kier alpha value is -2.21. The first kappa shape index (κ1) is 18.1. The van der Waals surface area contributed by atoms with Crippen LogP contribution in [-0.2, 0) is 10.2 Å². The van der Waals surface area contributed by atoms with Crippen molar-refractivity contribution in [3.63, 3.8) is 0 Å². The van der Waals surface area contributed by atoms with E-state index in [1.165, 1.54) is 0 Å². The molecule has 2 rings (SSSR count). The number of hydrazone groups is 1. The molecule has 0 unspecified atom stereocenters. The van der Waals surface area contributed by atoms with Crippen LogP contribution in [-0.4, -0.2) is 23.7 Å². The number of hydrogen-bond acceptors (Lipinski definition) is 4. The van der Waals surface area contributed by atoms with E-state index in [1.807, 2.05) is 18.2 Å². The van der Waals surface area contributed by atoms with Crippen molar-refractivity contribution < 1.29 is 9.53 Å². The Kier molecular flexibility index (Phi) is 6.09. The number of aromatic nitrogens is 1. The maximum atomic E-state index is 11.9. The van der Waals surface area contributed by atoms with Crippen LogP contribution < -0.4 is 10.2 Å². The second kappa shape index (κ2) is 8.06. The molecule has 0 saturated carbocycles. The molecule has 126 valence electrons. The van der Waals surface area contributed by atoms with Gasteiger partial charge in [0.05, 0.1) is 6.21 Å². The van der Waals surface area contributed by atoms with E-state index in [2.05, 4.69) is 52.2 Å². The molecule has 0 radical (unpaired) electrons. The van der Waals surface area contributed by atoms with Gasteiger partial charge in [-0.15, -0.1) is 0 Å². The highest BCUT2D eigenvalue weighted by Gasteiger charge is 2.19. The minimum atomic E-state index is -0.317. The number of carbonyl (C=O) groups excluding carboxylic acids is 1. The Morgan fingerprint density at radius 2 is 2.00 bits per heavy atom. The molecule has 2 aromatic rings. The van der Waals surface area contributed by atoms with Gasteiger partial charge in [0.2, 0.25) is 0 Å². The fourth-order valence-corrected chi connectivity index (χ4v) is 2.38. The largest absolute Gasteiger partial charge is 0.483 e. The molecule has 0 aliphatic rings. The van der Waals surface area contributed by atoms with Crippen LogP contribution in [0.25, 0.3) is 0 Å². The molecule has 1 aromatic carbocycles. The molecule has 6 heteroatoms. The van der Waals surface area contributed by atoms with Crippen molar-refractivity contribution >= 4 is 28.1 Å². The van der Waals surface area contributed by atoms with Crippen LogP contribution in [0.4, 0.5) is 0 Å². The van der Waals surface area contributed by atoms with Gasteiger partial charge in [0, 0.05) is 22.4 Å². The predicted molar refractivity (Wildman–Crippen MR) is 98.3 cm³/mol. The summed E-state index contributed by atoms with van der Waals surface area (Å²) < 4.78 is 6.64. The van der Waals surface area contributed by atoms with Crippen LogP contribution in [0.1, 0.15) is 31.9 Å². The Bertz CT molecular complexity index is 725. The number of hydrogen-bond donors (Lipinski definition) is 1. The molecule has 0 aliphatic heterocycles. The second-order valence-corrected chi connectivity index (χ2v) is 7.17. The van der Waals surface area contributed by atoms with Crippen molar-refractivity contribution in [2.24, 2.45) is 5.10 Å².